The molecule has 1 atom stereocenters. The summed E-state index contributed by atoms with van der Waals surface area (Å²) in [6.45, 7) is 2.18. The van der Waals surface area contributed by atoms with E-state index >= 15 is 0 Å². The van der Waals surface area contributed by atoms with Gasteiger partial charge < -0.3 is 10.3 Å². The minimum absolute atomic E-state index is 0.314. The molecule has 2 aromatic carbocycles. The highest BCUT2D eigenvalue weighted by atomic mass is 32.1. The van der Waals surface area contributed by atoms with Crippen LogP contribution >= 0.6 is 11.3 Å². The number of aromatic nitrogens is 2. The molecule has 0 aliphatic rings. The third kappa shape index (κ3) is 3.23. The number of nitrogens with one attached hydrogen (secondary N) is 2. The smallest absolute Gasteiger partial charge is 0.123 e. The summed E-state index contributed by atoms with van der Waals surface area (Å²) >= 11 is 1.72. The van der Waals surface area contributed by atoms with E-state index in [9.17, 15) is 0 Å². The summed E-state index contributed by atoms with van der Waals surface area (Å²) in [6, 6.07) is 17.4. The number of aromatic amines is 1. The van der Waals surface area contributed by atoms with Crippen molar-refractivity contribution in [2.45, 2.75) is 19.4 Å². The Kier molecular flexibility index (Phi) is 4.38. The van der Waals surface area contributed by atoms with Gasteiger partial charge >= 0.3 is 0 Å². The fraction of sp³-hybridized carbons (Fsp3) is 0.190. The topological polar surface area (TPSA) is 40.7 Å². The van der Waals surface area contributed by atoms with Gasteiger partial charge in [0.25, 0.3) is 0 Å². The second kappa shape index (κ2) is 6.82. The second-order valence-electron chi connectivity index (χ2n) is 6.32. The van der Waals surface area contributed by atoms with Crippen LogP contribution in [-0.2, 0) is 6.42 Å². The van der Waals surface area contributed by atoms with Gasteiger partial charge in [-0.2, -0.15) is 0 Å². The highest BCUT2D eigenvalue weighted by Gasteiger charge is 2.12. The number of nitrogens with zero attached hydrogens (tertiary/aromatic N) is 1. The first-order chi connectivity index (χ1) is 12.2. The predicted octanol–water partition coefficient (Wildman–Crippen LogP) is 5.16. The number of benzene rings is 2. The van der Waals surface area contributed by atoms with E-state index in [1.54, 1.807) is 11.3 Å². The molecule has 0 aliphatic heterocycles. The SMILES string of the molecule is CNC(C)c1c[nH]c2ccc(-c3nc(Cc4ccccc4)cs3)cc12. The average molecular weight is 347 g/mol. The molecule has 2 aromatic heterocycles. The molecular weight excluding hydrogens is 326 g/mol. The summed E-state index contributed by atoms with van der Waals surface area (Å²) in [5, 5.41) is 7.83. The van der Waals surface area contributed by atoms with Crippen LogP contribution < -0.4 is 5.32 Å². The Balaban J connectivity index is 1.65. The Morgan fingerprint density at radius 1 is 1.16 bits per heavy atom. The van der Waals surface area contributed by atoms with E-state index in [0.29, 0.717) is 6.04 Å². The highest BCUT2D eigenvalue weighted by Crippen LogP contribution is 2.31. The third-order valence-corrected chi connectivity index (χ3v) is 5.58. The van der Waals surface area contributed by atoms with Gasteiger partial charge in [-0.15, -0.1) is 11.3 Å². The molecule has 4 heteroatoms. The van der Waals surface area contributed by atoms with E-state index in [1.807, 2.05) is 13.1 Å². The molecule has 3 nitrogen and oxygen atoms in total. The fourth-order valence-corrected chi connectivity index (χ4v) is 3.93. The minimum atomic E-state index is 0.314. The lowest BCUT2D eigenvalue weighted by atomic mass is 10.1. The van der Waals surface area contributed by atoms with Crippen LogP contribution in [-0.4, -0.2) is 17.0 Å². The molecule has 2 heterocycles. The first-order valence-electron chi connectivity index (χ1n) is 8.51. The van der Waals surface area contributed by atoms with E-state index in [-0.39, 0.29) is 0 Å². The number of thiazole rings is 1. The van der Waals surface area contributed by atoms with Crippen LogP contribution in [0.1, 0.15) is 29.8 Å². The van der Waals surface area contributed by atoms with Gasteiger partial charge in [0.05, 0.1) is 5.69 Å². The molecule has 4 aromatic rings. The fourth-order valence-electron chi connectivity index (χ4n) is 3.11. The zero-order chi connectivity index (χ0) is 17.2. The molecular formula is C21H21N3S. The van der Waals surface area contributed by atoms with Crippen molar-refractivity contribution in [3.05, 3.63) is 76.9 Å². The lowest BCUT2D eigenvalue weighted by Crippen LogP contribution is -2.11. The largest absolute Gasteiger partial charge is 0.361 e. The van der Waals surface area contributed by atoms with Crippen molar-refractivity contribution in [3.8, 4) is 10.6 Å². The number of H-pyrrole nitrogens is 1. The van der Waals surface area contributed by atoms with Crippen molar-refractivity contribution in [1.29, 1.82) is 0 Å². The minimum Gasteiger partial charge on any atom is -0.361 e. The van der Waals surface area contributed by atoms with Gasteiger partial charge in [0.1, 0.15) is 5.01 Å². The van der Waals surface area contributed by atoms with Crippen molar-refractivity contribution >= 4 is 22.2 Å². The Bertz CT molecular complexity index is 985. The number of hydrogen-bond acceptors (Lipinski definition) is 3. The van der Waals surface area contributed by atoms with Crippen LogP contribution in [0.2, 0.25) is 0 Å². The van der Waals surface area contributed by atoms with Crippen molar-refractivity contribution in [2.75, 3.05) is 7.05 Å². The lowest BCUT2D eigenvalue weighted by Gasteiger charge is -2.08. The van der Waals surface area contributed by atoms with Crippen LogP contribution in [0.4, 0.5) is 0 Å². The van der Waals surface area contributed by atoms with E-state index in [0.717, 1.165) is 17.1 Å². The van der Waals surface area contributed by atoms with E-state index in [4.69, 9.17) is 4.98 Å². The Morgan fingerprint density at radius 3 is 2.80 bits per heavy atom. The molecule has 2 N–H and O–H groups in total. The summed E-state index contributed by atoms with van der Waals surface area (Å²) in [5.41, 5.74) is 6.07. The Labute approximate surface area is 151 Å². The Morgan fingerprint density at radius 2 is 2.00 bits per heavy atom. The number of rotatable bonds is 5. The van der Waals surface area contributed by atoms with Crippen molar-refractivity contribution < 1.29 is 0 Å². The van der Waals surface area contributed by atoms with E-state index in [1.165, 1.54) is 27.6 Å². The second-order valence-corrected chi connectivity index (χ2v) is 7.18. The van der Waals surface area contributed by atoms with Crippen LogP contribution in [0.5, 0.6) is 0 Å². The maximum Gasteiger partial charge on any atom is 0.123 e. The van der Waals surface area contributed by atoms with E-state index in [2.05, 4.69) is 71.3 Å². The van der Waals surface area contributed by atoms with Crippen LogP contribution in [0.3, 0.4) is 0 Å². The van der Waals surface area contributed by atoms with Crippen LogP contribution in [0, 0.1) is 0 Å². The third-order valence-electron chi connectivity index (χ3n) is 4.64. The molecule has 0 radical (unpaired) electrons. The maximum atomic E-state index is 4.85. The highest BCUT2D eigenvalue weighted by molar-refractivity contribution is 7.13. The lowest BCUT2D eigenvalue weighted by molar-refractivity contribution is 0.657. The quantitative estimate of drug-likeness (QED) is 0.523. The Hall–Kier alpha value is -2.43. The molecule has 25 heavy (non-hydrogen) atoms. The first-order valence-corrected chi connectivity index (χ1v) is 9.39. The zero-order valence-electron chi connectivity index (χ0n) is 14.4. The molecule has 0 bridgehead atoms. The van der Waals surface area contributed by atoms with Crippen molar-refractivity contribution in [3.63, 3.8) is 0 Å². The van der Waals surface area contributed by atoms with Crippen LogP contribution in [0.25, 0.3) is 21.5 Å². The van der Waals surface area contributed by atoms with Crippen molar-refractivity contribution in [1.82, 2.24) is 15.3 Å². The summed E-state index contributed by atoms with van der Waals surface area (Å²) < 4.78 is 0. The standard InChI is InChI=1S/C21H21N3S/c1-14(22-2)19-12-23-20-9-8-16(11-18(19)20)21-24-17(13-25-21)10-15-6-4-3-5-7-15/h3-9,11-14,22-23H,10H2,1-2H3. The van der Waals surface area contributed by atoms with Crippen LogP contribution in [0.15, 0.2) is 60.1 Å². The average Bonchev–Trinajstić information content (AvgIpc) is 3.28. The summed E-state index contributed by atoms with van der Waals surface area (Å²) in [4.78, 5) is 8.22. The molecule has 0 saturated carbocycles. The van der Waals surface area contributed by atoms with Gasteiger partial charge in [-0.3, -0.25) is 0 Å². The summed E-state index contributed by atoms with van der Waals surface area (Å²) in [6.07, 6.45) is 2.98. The molecule has 0 spiro atoms. The normalized spacial score (nSPS) is 12.6. The molecule has 4 rings (SSSR count). The molecule has 1 unspecified atom stereocenters. The summed E-state index contributed by atoms with van der Waals surface area (Å²) in [5.74, 6) is 0. The van der Waals surface area contributed by atoms with Gasteiger partial charge in [0, 0.05) is 40.5 Å². The van der Waals surface area contributed by atoms with Gasteiger partial charge in [0.2, 0.25) is 0 Å². The molecule has 0 amide bonds. The zero-order valence-corrected chi connectivity index (χ0v) is 15.2. The van der Waals surface area contributed by atoms with E-state index < -0.39 is 0 Å². The first kappa shape index (κ1) is 16.1. The number of hydrogen-bond donors (Lipinski definition) is 2. The van der Waals surface area contributed by atoms with Gasteiger partial charge in [0.15, 0.2) is 0 Å². The molecule has 0 fully saturated rings. The molecule has 126 valence electrons. The molecule has 0 saturated heterocycles. The molecule has 0 aliphatic carbocycles. The van der Waals surface area contributed by atoms with Gasteiger partial charge in [-0.1, -0.05) is 30.3 Å². The van der Waals surface area contributed by atoms with Gasteiger partial charge in [-0.05, 0) is 43.3 Å². The number of fused-ring (bicyclic) bond motifs is 1. The van der Waals surface area contributed by atoms with Gasteiger partial charge in [-0.25, -0.2) is 4.98 Å². The predicted molar refractivity (Wildman–Crippen MR) is 106 cm³/mol. The monoisotopic (exact) mass is 347 g/mol. The summed E-state index contributed by atoms with van der Waals surface area (Å²) in [7, 11) is 1.99. The maximum absolute atomic E-state index is 4.85. The van der Waals surface area contributed by atoms with Crippen molar-refractivity contribution in [2.24, 2.45) is 0 Å².